The molecule has 1 saturated carbocycles. The second-order valence-corrected chi connectivity index (χ2v) is 6.36. The molecule has 2 aliphatic rings. The predicted molar refractivity (Wildman–Crippen MR) is 84.8 cm³/mol. The maximum absolute atomic E-state index is 12.2. The molecule has 1 aliphatic carbocycles. The van der Waals surface area contributed by atoms with Crippen molar-refractivity contribution in [2.45, 2.75) is 43.7 Å². The molecule has 1 unspecified atom stereocenters. The maximum Gasteiger partial charge on any atom is 0.315 e. The number of rotatable bonds is 4. The summed E-state index contributed by atoms with van der Waals surface area (Å²) >= 11 is 0. The molecule has 3 rings (SSSR count). The molecule has 0 aromatic carbocycles. The largest absolute Gasteiger partial charge is 0.394 e. The Morgan fingerprint density at radius 3 is 2.91 bits per heavy atom. The van der Waals surface area contributed by atoms with Crippen LogP contribution in [-0.2, 0) is 0 Å². The van der Waals surface area contributed by atoms with Crippen LogP contribution in [0.25, 0.3) is 0 Å². The van der Waals surface area contributed by atoms with Crippen LogP contribution in [0.15, 0.2) is 24.4 Å². The summed E-state index contributed by atoms with van der Waals surface area (Å²) in [5.74, 6) is 0.954. The van der Waals surface area contributed by atoms with Crippen molar-refractivity contribution in [3.63, 3.8) is 0 Å². The fourth-order valence-electron chi connectivity index (χ4n) is 3.46. The summed E-state index contributed by atoms with van der Waals surface area (Å²) in [6.07, 6.45) is 6.56. The molecular formula is C16H24N4O2. The van der Waals surface area contributed by atoms with Gasteiger partial charge in [-0.05, 0) is 31.4 Å². The third kappa shape index (κ3) is 3.32. The minimum atomic E-state index is -0.413. The number of aliphatic hydroxyl groups is 1. The number of pyridine rings is 1. The van der Waals surface area contributed by atoms with Gasteiger partial charge in [0.2, 0.25) is 0 Å². The van der Waals surface area contributed by atoms with Crippen LogP contribution < -0.4 is 15.5 Å². The standard InChI is InChI=1S/C16H24N4O2/c21-12-16(7-2-3-8-16)19-15(22)18-13-6-10-20(11-13)14-5-1-4-9-17-14/h1,4-5,9,13,21H,2-3,6-8,10-12H2,(H2,18,19,22). The Morgan fingerprint density at radius 1 is 1.41 bits per heavy atom. The van der Waals surface area contributed by atoms with E-state index in [-0.39, 0.29) is 18.7 Å². The van der Waals surface area contributed by atoms with Gasteiger partial charge < -0.3 is 20.6 Å². The molecule has 1 aromatic heterocycles. The van der Waals surface area contributed by atoms with E-state index in [9.17, 15) is 9.90 Å². The van der Waals surface area contributed by atoms with Crippen molar-refractivity contribution in [3.8, 4) is 0 Å². The second kappa shape index (κ2) is 6.52. The third-order valence-corrected chi connectivity index (χ3v) is 4.74. The average Bonchev–Trinajstić information content (AvgIpc) is 3.18. The molecule has 3 N–H and O–H groups in total. The first-order valence-electron chi connectivity index (χ1n) is 8.06. The summed E-state index contributed by atoms with van der Waals surface area (Å²) in [5, 5.41) is 15.6. The SMILES string of the molecule is O=C(NC1CCN(c2ccccn2)C1)NC1(CO)CCCC1. The van der Waals surface area contributed by atoms with E-state index in [4.69, 9.17) is 0 Å². The summed E-state index contributed by atoms with van der Waals surface area (Å²) in [6, 6.07) is 5.82. The number of carbonyl (C=O) groups is 1. The molecule has 1 aliphatic heterocycles. The molecule has 6 nitrogen and oxygen atoms in total. The van der Waals surface area contributed by atoms with E-state index in [1.165, 1.54) is 0 Å². The highest BCUT2D eigenvalue weighted by molar-refractivity contribution is 5.75. The zero-order valence-electron chi connectivity index (χ0n) is 12.8. The lowest BCUT2D eigenvalue weighted by Crippen LogP contribution is -2.55. The van der Waals surface area contributed by atoms with E-state index < -0.39 is 5.54 Å². The predicted octanol–water partition coefficient (Wildman–Crippen LogP) is 1.26. The van der Waals surface area contributed by atoms with Gasteiger partial charge in [-0.25, -0.2) is 9.78 Å². The number of aliphatic hydroxyl groups excluding tert-OH is 1. The Balaban J connectivity index is 1.51. The molecule has 2 amide bonds. The maximum atomic E-state index is 12.2. The van der Waals surface area contributed by atoms with Gasteiger partial charge in [-0.3, -0.25) is 0 Å². The smallest absolute Gasteiger partial charge is 0.315 e. The van der Waals surface area contributed by atoms with Gasteiger partial charge in [0.25, 0.3) is 0 Å². The van der Waals surface area contributed by atoms with Crippen LogP contribution in [0.4, 0.5) is 10.6 Å². The molecule has 22 heavy (non-hydrogen) atoms. The molecule has 0 spiro atoms. The van der Waals surface area contributed by atoms with Gasteiger partial charge in [-0.2, -0.15) is 0 Å². The fraction of sp³-hybridized carbons (Fsp3) is 0.625. The Kier molecular flexibility index (Phi) is 4.47. The second-order valence-electron chi connectivity index (χ2n) is 6.36. The molecule has 0 radical (unpaired) electrons. The van der Waals surface area contributed by atoms with E-state index in [0.717, 1.165) is 51.0 Å². The number of nitrogens with one attached hydrogen (secondary N) is 2. The number of hydrogen-bond acceptors (Lipinski definition) is 4. The van der Waals surface area contributed by atoms with Gasteiger partial charge in [-0.1, -0.05) is 18.9 Å². The van der Waals surface area contributed by atoms with E-state index in [1.54, 1.807) is 6.20 Å². The van der Waals surface area contributed by atoms with Crippen molar-refractivity contribution in [1.29, 1.82) is 0 Å². The van der Waals surface area contributed by atoms with Crippen molar-refractivity contribution >= 4 is 11.8 Å². The Morgan fingerprint density at radius 2 is 2.23 bits per heavy atom. The van der Waals surface area contributed by atoms with Crippen molar-refractivity contribution in [2.75, 3.05) is 24.6 Å². The molecule has 1 atom stereocenters. The molecule has 0 bridgehead atoms. The first-order valence-corrected chi connectivity index (χ1v) is 8.06. The van der Waals surface area contributed by atoms with Gasteiger partial charge in [-0.15, -0.1) is 0 Å². The zero-order valence-corrected chi connectivity index (χ0v) is 12.8. The third-order valence-electron chi connectivity index (χ3n) is 4.74. The summed E-state index contributed by atoms with van der Waals surface area (Å²) in [6.45, 7) is 1.69. The summed E-state index contributed by atoms with van der Waals surface area (Å²) in [5.41, 5.74) is -0.413. The molecule has 1 saturated heterocycles. The lowest BCUT2D eigenvalue weighted by molar-refractivity contribution is 0.162. The Hall–Kier alpha value is -1.82. The number of hydrogen-bond donors (Lipinski definition) is 3. The minimum Gasteiger partial charge on any atom is -0.394 e. The summed E-state index contributed by atoms with van der Waals surface area (Å²) < 4.78 is 0. The van der Waals surface area contributed by atoms with Gasteiger partial charge in [0, 0.05) is 25.3 Å². The van der Waals surface area contributed by atoms with Gasteiger partial charge in [0.05, 0.1) is 12.1 Å². The monoisotopic (exact) mass is 304 g/mol. The van der Waals surface area contributed by atoms with Crippen molar-refractivity contribution in [1.82, 2.24) is 15.6 Å². The van der Waals surface area contributed by atoms with Gasteiger partial charge >= 0.3 is 6.03 Å². The zero-order chi connectivity index (χ0) is 15.4. The fourth-order valence-corrected chi connectivity index (χ4v) is 3.46. The molecule has 2 heterocycles. The highest BCUT2D eigenvalue weighted by atomic mass is 16.3. The van der Waals surface area contributed by atoms with Crippen LogP contribution in [0.2, 0.25) is 0 Å². The van der Waals surface area contributed by atoms with Crippen LogP contribution in [0.5, 0.6) is 0 Å². The van der Waals surface area contributed by atoms with E-state index in [1.807, 2.05) is 18.2 Å². The van der Waals surface area contributed by atoms with E-state index in [2.05, 4.69) is 20.5 Å². The van der Waals surface area contributed by atoms with Crippen LogP contribution in [-0.4, -0.2) is 47.4 Å². The molecular weight excluding hydrogens is 280 g/mol. The molecule has 6 heteroatoms. The normalized spacial score (nSPS) is 23.5. The Labute approximate surface area is 130 Å². The number of carbonyl (C=O) groups excluding carboxylic acids is 1. The van der Waals surface area contributed by atoms with E-state index in [0.29, 0.717) is 0 Å². The molecule has 120 valence electrons. The van der Waals surface area contributed by atoms with Crippen LogP contribution in [0.1, 0.15) is 32.1 Å². The minimum absolute atomic E-state index is 0.0190. The quantitative estimate of drug-likeness (QED) is 0.783. The molecule has 2 fully saturated rings. The van der Waals surface area contributed by atoms with Gasteiger partial charge in [0.15, 0.2) is 0 Å². The molecule has 1 aromatic rings. The van der Waals surface area contributed by atoms with E-state index >= 15 is 0 Å². The number of amides is 2. The van der Waals surface area contributed by atoms with Crippen molar-refractivity contribution < 1.29 is 9.90 Å². The topological polar surface area (TPSA) is 77.5 Å². The number of urea groups is 1. The average molecular weight is 304 g/mol. The number of aromatic nitrogens is 1. The highest BCUT2D eigenvalue weighted by Crippen LogP contribution is 2.29. The van der Waals surface area contributed by atoms with Crippen LogP contribution in [0.3, 0.4) is 0 Å². The van der Waals surface area contributed by atoms with Gasteiger partial charge in [0.1, 0.15) is 5.82 Å². The first-order chi connectivity index (χ1) is 10.7. The summed E-state index contributed by atoms with van der Waals surface area (Å²) in [4.78, 5) is 18.7. The highest BCUT2D eigenvalue weighted by Gasteiger charge is 2.35. The number of anilines is 1. The lowest BCUT2D eigenvalue weighted by atomic mass is 9.99. The van der Waals surface area contributed by atoms with Crippen LogP contribution >= 0.6 is 0 Å². The van der Waals surface area contributed by atoms with Crippen molar-refractivity contribution in [2.24, 2.45) is 0 Å². The van der Waals surface area contributed by atoms with Crippen molar-refractivity contribution in [3.05, 3.63) is 24.4 Å². The Bertz CT molecular complexity index is 502. The van der Waals surface area contributed by atoms with Crippen LogP contribution in [0, 0.1) is 0 Å². The number of nitrogens with zero attached hydrogens (tertiary/aromatic N) is 2. The lowest BCUT2D eigenvalue weighted by Gasteiger charge is -2.29. The first kappa shape index (κ1) is 15.1. The summed E-state index contributed by atoms with van der Waals surface area (Å²) in [7, 11) is 0.